The van der Waals surface area contributed by atoms with E-state index in [1.807, 2.05) is 19.1 Å². The van der Waals surface area contributed by atoms with E-state index in [9.17, 15) is 13.2 Å². The van der Waals surface area contributed by atoms with Gasteiger partial charge in [-0.05, 0) is 58.7 Å². The van der Waals surface area contributed by atoms with Crippen molar-refractivity contribution in [1.82, 2.24) is 0 Å². The minimum Gasteiger partial charge on any atom is -0.456 e. The van der Waals surface area contributed by atoms with Gasteiger partial charge in [0.25, 0.3) is 0 Å². The Hall–Kier alpha value is -1.01. The molecule has 2 rings (SSSR count). The zero-order chi connectivity index (χ0) is 14.9. The van der Waals surface area contributed by atoms with Crippen molar-refractivity contribution in [1.29, 1.82) is 0 Å². The average molecular weight is 410 g/mol. The lowest BCUT2D eigenvalue weighted by molar-refractivity contribution is -0.137. The first kappa shape index (κ1) is 15.4. The molecule has 2 aromatic rings. The molecule has 0 fully saturated rings. The Morgan fingerprint density at radius 1 is 0.950 bits per heavy atom. The second-order valence-corrected chi connectivity index (χ2v) is 5.92. The molecule has 0 saturated heterocycles. The molecule has 0 radical (unpaired) electrons. The molecule has 20 heavy (non-hydrogen) atoms. The lowest BCUT2D eigenvalue weighted by Gasteiger charge is -2.13. The van der Waals surface area contributed by atoms with E-state index in [0.29, 0.717) is 11.5 Å². The van der Waals surface area contributed by atoms with E-state index in [-0.39, 0.29) is 4.47 Å². The number of halogens is 5. The standard InChI is InChI=1S/C14H9Br2F3O/c1-8-2-4-10(15)7-13(8)20-12-5-3-9(6-11(12)16)14(17,18)19/h2-7H,1H3. The first-order valence-electron chi connectivity index (χ1n) is 5.58. The van der Waals surface area contributed by atoms with Crippen LogP contribution in [0, 0.1) is 6.92 Å². The third-order valence-corrected chi connectivity index (χ3v) is 3.74. The Bertz CT molecular complexity index is 639. The van der Waals surface area contributed by atoms with Crippen LogP contribution in [0.4, 0.5) is 13.2 Å². The van der Waals surface area contributed by atoms with Gasteiger partial charge in [-0.25, -0.2) is 0 Å². The number of rotatable bonds is 2. The molecule has 0 aliphatic carbocycles. The molecule has 2 aromatic carbocycles. The van der Waals surface area contributed by atoms with Gasteiger partial charge in [-0.3, -0.25) is 0 Å². The van der Waals surface area contributed by atoms with Gasteiger partial charge in [0.15, 0.2) is 0 Å². The van der Waals surface area contributed by atoms with E-state index in [2.05, 4.69) is 31.9 Å². The van der Waals surface area contributed by atoms with E-state index >= 15 is 0 Å². The van der Waals surface area contributed by atoms with Crippen LogP contribution in [0.3, 0.4) is 0 Å². The fourth-order valence-electron chi connectivity index (χ4n) is 1.56. The second-order valence-electron chi connectivity index (χ2n) is 4.15. The minimum atomic E-state index is -4.37. The number of benzene rings is 2. The van der Waals surface area contributed by atoms with Gasteiger partial charge >= 0.3 is 6.18 Å². The third-order valence-electron chi connectivity index (χ3n) is 2.63. The van der Waals surface area contributed by atoms with E-state index in [1.54, 1.807) is 6.07 Å². The maximum atomic E-state index is 12.6. The summed E-state index contributed by atoms with van der Waals surface area (Å²) in [5, 5.41) is 0. The van der Waals surface area contributed by atoms with Gasteiger partial charge < -0.3 is 4.74 Å². The maximum Gasteiger partial charge on any atom is 0.416 e. The number of hydrogen-bond acceptors (Lipinski definition) is 1. The minimum absolute atomic E-state index is 0.256. The molecule has 1 nitrogen and oxygen atoms in total. The van der Waals surface area contributed by atoms with Gasteiger partial charge in [0.05, 0.1) is 10.0 Å². The molecule has 0 spiro atoms. The molecule has 0 saturated carbocycles. The molecule has 0 aliphatic heterocycles. The number of ether oxygens (including phenoxy) is 1. The Morgan fingerprint density at radius 3 is 2.25 bits per heavy atom. The van der Waals surface area contributed by atoms with Gasteiger partial charge in [-0.1, -0.05) is 22.0 Å². The summed E-state index contributed by atoms with van der Waals surface area (Å²) in [7, 11) is 0. The third kappa shape index (κ3) is 3.55. The Morgan fingerprint density at radius 2 is 1.65 bits per heavy atom. The van der Waals surface area contributed by atoms with Crippen LogP contribution in [-0.4, -0.2) is 0 Å². The summed E-state index contributed by atoms with van der Waals surface area (Å²) in [6.07, 6.45) is -4.37. The van der Waals surface area contributed by atoms with Crippen LogP contribution in [0.1, 0.15) is 11.1 Å². The van der Waals surface area contributed by atoms with Crippen molar-refractivity contribution < 1.29 is 17.9 Å². The molecule has 0 bridgehead atoms. The highest BCUT2D eigenvalue weighted by molar-refractivity contribution is 9.10. The average Bonchev–Trinajstić information content (AvgIpc) is 2.35. The fourth-order valence-corrected chi connectivity index (χ4v) is 2.36. The van der Waals surface area contributed by atoms with Crippen molar-refractivity contribution >= 4 is 31.9 Å². The number of alkyl halides is 3. The van der Waals surface area contributed by atoms with Gasteiger partial charge in [-0.2, -0.15) is 13.2 Å². The quantitative estimate of drug-likeness (QED) is 0.563. The van der Waals surface area contributed by atoms with E-state index < -0.39 is 11.7 Å². The van der Waals surface area contributed by atoms with Crippen molar-refractivity contribution in [2.24, 2.45) is 0 Å². The summed E-state index contributed by atoms with van der Waals surface area (Å²) in [5.41, 5.74) is 0.169. The Kier molecular flexibility index (Phi) is 4.44. The van der Waals surface area contributed by atoms with Crippen molar-refractivity contribution in [3.05, 3.63) is 56.5 Å². The van der Waals surface area contributed by atoms with Crippen molar-refractivity contribution in [3.63, 3.8) is 0 Å². The summed E-state index contributed by atoms with van der Waals surface area (Å²) in [6, 6.07) is 8.78. The lowest BCUT2D eigenvalue weighted by atomic mass is 10.2. The van der Waals surface area contributed by atoms with Crippen LogP contribution >= 0.6 is 31.9 Å². The zero-order valence-electron chi connectivity index (χ0n) is 10.3. The normalized spacial score (nSPS) is 11.5. The summed E-state index contributed by atoms with van der Waals surface area (Å²) in [5.74, 6) is 0.916. The summed E-state index contributed by atoms with van der Waals surface area (Å²) in [6.45, 7) is 1.86. The predicted octanol–water partition coefficient (Wildman–Crippen LogP) is 6.33. The molecule has 0 amide bonds. The molecule has 0 aliphatic rings. The monoisotopic (exact) mass is 408 g/mol. The summed E-state index contributed by atoms with van der Waals surface area (Å²) < 4.78 is 44.5. The SMILES string of the molecule is Cc1ccc(Br)cc1Oc1ccc(C(F)(F)F)cc1Br. The molecule has 0 N–H and O–H groups in total. The van der Waals surface area contributed by atoms with Gasteiger partial charge in [0.2, 0.25) is 0 Å². The smallest absolute Gasteiger partial charge is 0.416 e. The van der Waals surface area contributed by atoms with E-state index in [0.717, 1.165) is 22.2 Å². The largest absolute Gasteiger partial charge is 0.456 e. The molecular formula is C14H9Br2F3O. The lowest BCUT2D eigenvalue weighted by Crippen LogP contribution is -2.04. The van der Waals surface area contributed by atoms with Gasteiger partial charge in [-0.15, -0.1) is 0 Å². The van der Waals surface area contributed by atoms with Crippen molar-refractivity contribution in [2.75, 3.05) is 0 Å². The van der Waals surface area contributed by atoms with Crippen molar-refractivity contribution in [2.45, 2.75) is 13.1 Å². The summed E-state index contributed by atoms with van der Waals surface area (Å²) >= 11 is 6.43. The number of aryl methyl sites for hydroxylation is 1. The van der Waals surface area contributed by atoms with E-state index in [1.165, 1.54) is 6.07 Å². The highest BCUT2D eigenvalue weighted by atomic mass is 79.9. The first-order chi connectivity index (χ1) is 9.27. The first-order valence-corrected chi connectivity index (χ1v) is 7.17. The second kappa shape index (κ2) is 5.77. The molecular weight excluding hydrogens is 401 g/mol. The highest BCUT2D eigenvalue weighted by Gasteiger charge is 2.31. The van der Waals surface area contributed by atoms with Gasteiger partial charge in [0, 0.05) is 4.47 Å². The molecule has 106 valence electrons. The molecule has 0 atom stereocenters. The van der Waals surface area contributed by atoms with Crippen LogP contribution < -0.4 is 4.74 Å². The van der Waals surface area contributed by atoms with Crippen molar-refractivity contribution in [3.8, 4) is 11.5 Å². The molecule has 6 heteroatoms. The zero-order valence-corrected chi connectivity index (χ0v) is 13.4. The Balaban J connectivity index is 2.33. The number of hydrogen-bond donors (Lipinski definition) is 0. The fraction of sp³-hybridized carbons (Fsp3) is 0.143. The highest BCUT2D eigenvalue weighted by Crippen LogP contribution is 2.37. The predicted molar refractivity (Wildman–Crippen MR) is 78.1 cm³/mol. The van der Waals surface area contributed by atoms with Crippen LogP contribution in [0.5, 0.6) is 11.5 Å². The molecule has 0 unspecified atom stereocenters. The molecule has 0 heterocycles. The maximum absolute atomic E-state index is 12.6. The Labute approximate surface area is 131 Å². The van der Waals surface area contributed by atoms with Gasteiger partial charge in [0.1, 0.15) is 11.5 Å². The van der Waals surface area contributed by atoms with E-state index in [4.69, 9.17) is 4.74 Å². The topological polar surface area (TPSA) is 9.23 Å². The van der Waals surface area contributed by atoms with Crippen LogP contribution in [-0.2, 0) is 6.18 Å². The van der Waals surface area contributed by atoms with Crippen LogP contribution in [0.25, 0.3) is 0 Å². The van der Waals surface area contributed by atoms with Crippen LogP contribution in [0.2, 0.25) is 0 Å². The molecule has 0 aromatic heterocycles. The summed E-state index contributed by atoms with van der Waals surface area (Å²) in [4.78, 5) is 0. The van der Waals surface area contributed by atoms with Crippen LogP contribution in [0.15, 0.2) is 45.3 Å².